The number of rotatable bonds is 2. The molecule has 0 bridgehead atoms. The topological polar surface area (TPSA) is 68.8 Å². The van der Waals surface area contributed by atoms with Crippen LogP contribution < -0.4 is 10.5 Å². The maximum absolute atomic E-state index is 14.8. The first kappa shape index (κ1) is 16.4. The van der Waals surface area contributed by atoms with Gasteiger partial charge in [0, 0.05) is 30.8 Å². The van der Waals surface area contributed by atoms with Crippen LogP contribution in [-0.2, 0) is 13.1 Å². The number of hydrogen-bond acceptors (Lipinski definition) is 5. The first-order valence-electron chi connectivity index (χ1n) is 8.45. The molecule has 0 spiro atoms. The fourth-order valence-corrected chi connectivity index (χ4v) is 3.41. The lowest BCUT2D eigenvalue weighted by Crippen LogP contribution is -2.35. The van der Waals surface area contributed by atoms with Crippen LogP contribution in [0.4, 0.5) is 10.1 Å². The molecule has 134 valence electrons. The normalized spacial score (nSPS) is 13.8. The molecule has 0 saturated carbocycles. The van der Waals surface area contributed by atoms with Gasteiger partial charge in [0.25, 0.3) is 5.56 Å². The maximum atomic E-state index is 14.8. The Morgan fingerprint density at radius 1 is 1.12 bits per heavy atom. The van der Waals surface area contributed by atoms with Crippen molar-refractivity contribution in [2.45, 2.75) is 33.9 Å². The first-order valence-corrected chi connectivity index (χ1v) is 8.45. The van der Waals surface area contributed by atoms with E-state index in [9.17, 15) is 9.18 Å². The average Bonchev–Trinajstić information content (AvgIpc) is 2.93. The number of benzene rings is 1. The van der Waals surface area contributed by atoms with E-state index in [1.807, 2.05) is 11.8 Å². The second kappa shape index (κ2) is 6.05. The van der Waals surface area contributed by atoms with Crippen molar-refractivity contribution in [3.05, 3.63) is 63.6 Å². The van der Waals surface area contributed by atoms with Crippen molar-refractivity contribution in [1.82, 2.24) is 24.3 Å². The quantitative estimate of drug-likeness (QED) is 0.703. The fraction of sp³-hybridized carbons (Fsp3) is 0.333. The third kappa shape index (κ3) is 2.77. The molecule has 0 atom stereocenters. The molecule has 0 N–H and O–H groups in total. The van der Waals surface area contributed by atoms with Crippen LogP contribution in [0.15, 0.2) is 29.1 Å². The van der Waals surface area contributed by atoms with Crippen LogP contribution in [0.1, 0.15) is 23.2 Å². The lowest BCUT2D eigenvalue weighted by atomic mass is 10.2. The molecule has 3 aromatic rings. The van der Waals surface area contributed by atoms with E-state index in [1.165, 1.54) is 16.7 Å². The second-order valence-corrected chi connectivity index (χ2v) is 6.48. The van der Waals surface area contributed by atoms with Crippen molar-refractivity contribution >= 4 is 5.69 Å². The van der Waals surface area contributed by atoms with Gasteiger partial charge >= 0.3 is 0 Å². The molecule has 0 unspecified atom stereocenters. The summed E-state index contributed by atoms with van der Waals surface area (Å²) in [5.74, 6) is 1.79. The van der Waals surface area contributed by atoms with Gasteiger partial charge in [-0.05, 0) is 32.9 Å². The molecular formula is C18H19FN6O. The number of fused-ring (bicyclic) bond motifs is 1. The summed E-state index contributed by atoms with van der Waals surface area (Å²) in [6.45, 7) is 6.47. The Balaban J connectivity index is 1.68. The molecular weight excluding hydrogens is 335 g/mol. The minimum atomic E-state index is -0.380. The lowest BCUT2D eigenvalue weighted by Gasteiger charge is -2.29. The summed E-state index contributed by atoms with van der Waals surface area (Å²) in [6, 6.07) is 6.26. The van der Waals surface area contributed by atoms with Crippen molar-refractivity contribution in [1.29, 1.82) is 0 Å². The number of anilines is 1. The molecule has 2 aromatic heterocycles. The highest BCUT2D eigenvalue weighted by molar-refractivity contribution is 5.52. The highest BCUT2D eigenvalue weighted by Crippen LogP contribution is 2.25. The highest BCUT2D eigenvalue weighted by Gasteiger charge is 2.21. The molecule has 0 saturated heterocycles. The zero-order chi connectivity index (χ0) is 18.4. The number of halogens is 1. The zero-order valence-electron chi connectivity index (χ0n) is 14.9. The Morgan fingerprint density at radius 2 is 1.92 bits per heavy atom. The van der Waals surface area contributed by atoms with Gasteiger partial charge in [-0.2, -0.15) is 5.10 Å². The molecule has 0 fully saturated rings. The zero-order valence-corrected chi connectivity index (χ0v) is 14.9. The average molecular weight is 354 g/mol. The van der Waals surface area contributed by atoms with Gasteiger partial charge in [-0.15, -0.1) is 0 Å². The minimum absolute atomic E-state index is 0.220. The van der Waals surface area contributed by atoms with Gasteiger partial charge in [-0.1, -0.05) is 0 Å². The maximum Gasteiger partial charge on any atom is 0.258 e. The summed E-state index contributed by atoms with van der Waals surface area (Å²) < 4.78 is 18.0. The van der Waals surface area contributed by atoms with E-state index in [0.29, 0.717) is 42.5 Å². The van der Waals surface area contributed by atoms with E-state index >= 15 is 0 Å². The number of aromatic nitrogens is 5. The summed E-state index contributed by atoms with van der Waals surface area (Å²) in [7, 11) is 0. The van der Waals surface area contributed by atoms with Crippen LogP contribution in [0, 0.1) is 26.6 Å². The van der Waals surface area contributed by atoms with Gasteiger partial charge in [0.05, 0.1) is 11.4 Å². The van der Waals surface area contributed by atoms with Crippen molar-refractivity contribution in [2.75, 3.05) is 11.4 Å². The third-order valence-corrected chi connectivity index (χ3v) is 4.51. The van der Waals surface area contributed by atoms with E-state index in [0.717, 1.165) is 11.6 Å². The molecule has 7 nitrogen and oxygen atoms in total. The van der Waals surface area contributed by atoms with Crippen LogP contribution in [0.2, 0.25) is 0 Å². The molecule has 8 heteroatoms. The minimum Gasteiger partial charge on any atom is -0.349 e. The van der Waals surface area contributed by atoms with Crippen LogP contribution >= 0.6 is 0 Å². The van der Waals surface area contributed by atoms with Gasteiger partial charge in [0.2, 0.25) is 0 Å². The number of nitrogens with zero attached hydrogens (tertiary/aromatic N) is 6. The van der Waals surface area contributed by atoms with Crippen molar-refractivity contribution in [3.8, 4) is 5.69 Å². The van der Waals surface area contributed by atoms with Crippen LogP contribution in [0.3, 0.4) is 0 Å². The van der Waals surface area contributed by atoms with E-state index in [2.05, 4.69) is 15.1 Å². The molecule has 4 rings (SSSR count). The summed E-state index contributed by atoms with van der Waals surface area (Å²) in [6.07, 6.45) is 0.711. The van der Waals surface area contributed by atoms with Gasteiger partial charge in [-0.25, -0.2) is 19.0 Å². The summed E-state index contributed by atoms with van der Waals surface area (Å²) in [5, 5.41) is 4.34. The van der Waals surface area contributed by atoms with E-state index in [-0.39, 0.29) is 11.4 Å². The van der Waals surface area contributed by atoms with Gasteiger partial charge in [0.15, 0.2) is 0 Å². The van der Waals surface area contributed by atoms with Crippen molar-refractivity contribution in [2.24, 2.45) is 0 Å². The van der Waals surface area contributed by atoms with Crippen molar-refractivity contribution < 1.29 is 4.39 Å². The molecule has 0 amide bonds. The molecule has 0 aliphatic carbocycles. The van der Waals surface area contributed by atoms with Crippen LogP contribution in [-0.4, -0.2) is 30.9 Å². The molecule has 26 heavy (non-hydrogen) atoms. The molecule has 1 aliphatic heterocycles. The molecule has 3 heterocycles. The van der Waals surface area contributed by atoms with E-state index < -0.39 is 0 Å². The van der Waals surface area contributed by atoms with Crippen LogP contribution in [0.25, 0.3) is 5.69 Å². The van der Waals surface area contributed by atoms with E-state index in [4.69, 9.17) is 0 Å². The second-order valence-electron chi connectivity index (χ2n) is 6.48. The van der Waals surface area contributed by atoms with Crippen molar-refractivity contribution in [3.63, 3.8) is 0 Å². The van der Waals surface area contributed by atoms with E-state index in [1.54, 1.807) is 30.7 Å². The smallest absolute Gasteiger partial charge is 0.258 e. The largest absolute Gasteiger partial charge is 0.349 e. The van der Waals surface area contributed by atoms with Gasteiger partial charge in [-0.3, -0.25) is 9.36 Å². The molecule has 0 radical (unpaired) electrons. The Morgan fingerprint density at radius 3 is 2.65 bits per heavy atom. The standard InChI is InChI=1S/C18H19FN6O/c1-11-8-18(26)25(13(3)20-11)14-4-5-16(15(19)9-14)23-7-6-17-21-12(2)22-24(17)10-23/h4-5,8-9H,6-7,10H2,1-3H3. The highest BCUT2D eigenvalue weighted by atomic mass is 19.1. The SMILES string of the molecule is Cc1cc(=O)n(-c2ccc(N3CCc4nc(C)nn4C3)c(F)c2)c(C)n1. The monoisotopic (exact) mass is 354 g/mol. The Hall–Kier alpha value is -3.03. The van der Waals surface area contributed by atoms with Crippen LogP contribution in [0.5, 0.6) is 0 Å². The lowest BCUT2D eigenvalue weighted by molar-refractivity contribution is 0.493. The number of aryl methyl sites for hydroxylation is 3. The summed E-state index contributed by atoms with van der Waals surface area (Å²) in [4.78, 5) is 22.9. The third-order valence-electron chi connectivity index (χ3n) is 4.51. The Bertz CT molecular complexity index is 1050. The summed E-state index contributed by atoms with van der Waals surface area (Å²) >= 11 is 0. The van der Waals surface area contributed by atoms with Gasteiger partial charge in [0.1, 0.15) is 30.0 Å². The first-order chi connectivity index (χ1) is 12.4. The summed E-state index contributed by atoms with van der Waals surface area (Å²) in [5.41, 5.74) is 1.38. The van der Waals surface area contributed by atoms with Gasteiger partial charge < -0.3 is 4.90 Å². The fourth-order valence-electron chi connectivity index (χ4n) is 3.41. The molecule has 1 aromatic carbocycles. The predicted octanol–water partition coefficient (Wildman–Crippen LogP) is 1.91. The Labute approximate surface area is 149 Å². The Kier molecular flexibility index (Phi) is 3.82. The molecule has 1 aliphatic rings. The number of hydrogen-bond donors (Lipinski definition) is 0. The predicted molar refractivity (Wildman–Crippen MR) is 95.1 cm³/mol.